The third-order valence-corrected chi connectivity index (χ3v) is 3.68. The molecule has 0 radical (unpaired) electrons. The minimum atomic E-state index is -0.0993. The summed E-state index contributed by atoms with van der Waals surface area (Å²) in [4.78, 5) is 19.9. The molecule has 2 aromatic heterocycles. The van der Waals surface area contributed by atoms with Crippen LogP contribution in [0.3, 0.4) is 0 Å². The normalized spacial score (nSPS) is 9.95. The second-order valence-corrected chi connectivity index (χ2v) is 5.25. The summed E-state index contributed by atoms with van der Waals surface area (Å²) in [7, 11) is 0. The predicted molar refractivity (Wildman–Crippen MR) is 82.1 cm³/mol. The summed E-state index contributed by atoms with van der Waals surface area (Å²) in [6.45, 7) is 0.631. The summed E-state index contributed by atoms with van der Waals surface area (Å²) >= 11 is 1.38. The molecule has 0 aliphatic carbocycles. The van der Waals surface area contributed by atoms with Gasteiger partial charge in [0.15, 0.2) is 0 Å². The maximum atomic E-state index is 12.1. The molecule has 2 aromatic rings. The number of aromatic nitrogens is 2. The van der Waals surface area contributed by atoms with Crippen LogP contribution in [0.15, 0.2) is 23.8 Å². The molecule has 1 amide bonds. The second kappa shape index (κ2) is 8.25. The van der Waals surface area contributed by atoms with Crippen LogP contribution in [0.4, 0.5) is 0 Å². The number of aromatic amines is 1. The molecule has 0 fully saturated rings. The van der Waals surface area contributed by atoms with Gasteiger partial charge in [0.25, 0.3) is 5.91 Å². The lowest BCUT2D eigenvalue weighted by Gasteiger charge is -2.03. The van der Waals surface area contributed by atoms with E-state index < -0.39 is 0 Å². The minimum absolute atomic E-state index is 0.0332. The summed E-state index contributed by atoms with van der Waals surface area (Å²) in [5.41, 5.74) is 0.719. The highest BCUT2D eigenvalue weighted by Gasteiger charge is 2.11. The molecule has 6 heteroatoms. The Bertz CT molecular complexity index is 623. The largest absolute Gasteiger partial charge is 0.395 e. The van der Waals surface area contributed by atoms with Crippen LogP contribution in [0, 0.1) is 11.8 Å². The van der Waals surface area contributed by atoms with Gasteiger partial charge in [0.1, 0.15) is 10.7 Å². The first-order valence-electron chi connectivity index (χ1n) is 6.75. The lowest BCUT2D eigenvalue weighted by molar-refractivity contribution is 0.0957. The molecule has 0 saturated carbocycles. The summed E-state index contributed by atoms with van der Waals surface area (Å²) in [6.07, 6.45) is 5.56. The fourth-order valence-corrected chi connectivity index (χ4v) is 2.54. The molecule has 0 spiro atoms. The van der Waals surface area contributed by atoms with Gasteiger partial charge in [0.2, 0.25) is 0 Å². The highest BCUT2D eigenvalue weighted by molar-refractivity contribution is 7.12. The maximum Gasteiger partial charge on any atom is 0.262 e. The average molecular weight is 303 g/mol. The zero-order valence-electron chi connectivity index (χ0n) is 11.6. The van der Waals surface area contributed by atoms with E-state index in [1.54, 1.807) is 12.4 Å². The Labute approximate surface area is 127 Å². The molecule has 0 atom stereocenters. The van der Waals surface area contributed by atoms with Crippen LogP contribution in [0.1, 0.15) is 33.9 Å². The first kappa shape index (κ1) is 15.3. The number of imidazole rings is 1. The number of nitrogens with one attached hydrogen (secondary N) is 2. The van der Waals surface area contributed by atoms with Gasteiger partial charge in [0, 0.05) is 37.3 Å². The van der Waals surface area contributed by atoms with Gasteiger partial charge in [-0.1, -0.05) is 11.8 Å². The number of aliphatic hydroxyl groups excluding tert-OH is 1. The van der Waals surface area contributed by atoms with E-state index in [0.29, 0.717) is 17.8 Å². The van der Waals surface area contributed by atoms with E-state index >= 15 is 0 Å². The lowest BCUT2D eigenvalue weighted by atomic mass is 10.2. The predicted octanol–water partition coefficient (Wildman–Crippen LogP) is 1.57. The van der Waals surface area contributed by atoms with Gasteiger partial charge in [-0.2, -0.15) is 0 Å². The molecular weight excluding hydrogens is 286 g/mol. The van der Waals surface area contributed by atoms with Gasteiger partial charge in [0.05, 0.1) is 6.61 Å². The van der Waals surface area contributed by atoms with E-state index in [9.17, 15) is 4.79 Å². The van der Waals surface area contributed by atoms with Crippen molar-refractivity contribution in [2.75, 3.05) is 13.2 Å². The van der Waals surface area contributed by atoms with Crippen molar-refractivity contribution in [3.63, 3.8) is 0 Å². The third kappa shape index (κ3) is 4.74. The zero-order valence-corrected chi connectivity index (χ0v) is 12.4. The summed E-state index contributed by atoms with van der Waals surface area (Å²) < 4.78 is 0. The number of rotatable bonds is 6. The molecule has 0 aromatic carbocycles. The van der Waals surface area contributed by atoms with E-state index in [1.807, 2.05) is 11.4 Å². The zero-order chi connectivity index (χ0) is 14.9. The third-order valence-electron chi connectivity index (χ3n) is 2.76. The van der Waals surface area contributed by atoms with Crippen LogP contribution in [0.2, 0.25) is 0 Å². The van der Waals surface area contributed by atoms with Crippen molar-refractivity contribution in [3.05, 3.63) is 40.1 Å². The fourth-order valence-electron chi connectivity index (χ4n) is 1.77. The molecule has 21 heavy (non-hydrogen) atoms. The molecule has 0 aliphatic rings. The smallest absolute Gasteiger partial charge is 0.262 e. The van der Waals surface area contributed by atoms with Crippen LogP contribution in [-0.4, -0.2) is 34.1 Å². The monoisotopic (exact) mass is 303 g/mol. The number of H-pyrrole nitrogens is 1. The van der Waals surface area contributed by atoms with Crippen molar-refractivity contribution in [3.8, 4) is 11.8 Å². The molecule has 0 aliphatic heterocycles. The van der Waals surface area contributed by atoms with Crippen molar-refractivity contribution >= 4 is 17.2 Å². The fraction of sp³-hybridized carbons (Fsp3) is 0.333. The minimum Gasteiger partial charge on any atom is -0.395 e. The van der Waals surface area contributed by atoms with Crippen molar-refractivity contribution < 1.29 is 9.90 Å². The quantitative estimate of drug-likeness (QED) is 0.560. The van der Waals surface area contributed by atoms with Crippen molar-refractivity contribution in [2.45, 2.75) is 19.3 Å². The molecule has 2 heterocycles. The van der Waals surface area contributed by atoms with E-state index in [4.69, 9.17) is 5.11 Å². The molecule has 5 nitrogen and oxygen atoms in total. The SMILES string of the molecule is O=C(NCCCc1ncc[nH]1)c1sccc1C#CCCO. The van der Waals surface area contributed by atoms with Gasteiger partial charge in [-0.3, -0.25) is 4.79 Å². The van der Waals surface area contributed by atoms with Crippen LogP contribution < -0.4 is 5.32 Å². The van der Waals surface area contributed by atoms with E-state index in [0.717, 1.165) is 24.2 Å². The van der Waals surface area contributed by atoms with E-state index in [1.165, 1.54) is 11.3 Å². The highest BCUT2D eigenvalue weighted by Crippen LogP contribution is 2.15. The Morgan fingerprint density at radius 3 is 3.19 bits per heavy atom. The van der Waals surface area contributed by atoms with Gasteiger partial charge in [-0.25, -0.2) is 4.98 Å². The van der Waals surface area contributed by atoms with E-state index in [-0.39, 0.29) is 12.5 Å². The van der Waals surface area contributed by atoms with Crippen LogP contribution in [0.25, 0.3) is 0 Å². The summed E-state index contributed by atoms with van der Waals surface area (Å²) in [5.74, 6) is 6.57. The average Bonchev–Trinajstić information content (AvgIpc) is 3.15. The number of amides is 1. The molecule has 3 N–H and O–H groups in total. The van der Waals surface area contributed by atoms with Gasteiger partial charge in [-0.05, 0) is 17.9 Å². The maximum absolute atomic E-state index is 12.1. The second-order valence-electron chi connectivity index (χ2n) is 4.33. The summed E-state index contributed by atoms with van der Waals surface area (Å²) in [5, 5.41) is 13.4. The Morgan fingerprint density at radius 2 is 2.43 bits per heavy atom. The van der Waals surface area contributed by atoms with Crippen LogP contribution in [0.5, 0.6) is 0 Å². The first-order chi connectivity index (χ1) is 10.3. The van der Waals surface area contributed by atoms with Gasteiger partial charge >= 0.3 is 0 Å². The molecular formula is C15H17N3O2S. The topological polar surface area (TPSA) is 78.0 Å². The number of hydrogen-bond donors (Lipinski definition) is 3. The molecule has 2 rings (SSSR count). The van der Waals surface area contributed by atoms with Gasteiger partial charge in [-0.15, -0.1) is 11.3 Å². The van der Waals surface area contributed by atoms with Crippen molar-refractivity contribution in [1.29, 1.82) is 0 Å². The number of carbonyl (C=O) groups is 1. The summed E-state index contributed by atoms with van der Waals surface area (Å²) in [6, 6.07) is 1.83. The Hall–Kier alpha value is -2.10. The molecule has 0 bridgehead atoms. The van der Waals surface area contributed by atoms with Crippen molar-refractivity contribution in [1.82, 2.24) is 15.3 Å². The number of aryl methyl sites for hydroxylation is 1. The van der Waals surface area contributed by atoms with E-state index in [2.05, 4.69) is 27.1 Å². The number of carbonyl (C=O) groups excluding carboxylic acids is 1. The molecule has 0 saturated heterocycles. The molecule has 110 valence electrons. The standard InChI is InChI=1S/C15H17N3O2S/c19-10-2-1-4-12-6-11-21-14(12)15(20)18-7-3-5-13-16-8-9-17-13/h6,8-9,11,19H,2-3,5,7,10H2,(H,16,17)(H,18,20). The number of aliphatic hydroxyl groups is 1. The van der Waals surface area contributed by atoms with Crippen molar-refractivity contribution in [2.24, 2.45) is 0 Å². The first-order valence-corrected chi connectivity index (χ1v) is 7.63. The van der Waals surface area contributed by atoms with Gasteiger partial charge < -0.3 is 15.4 Å². The Balaban J connectivity index is 1.81. The lowest BCUT2D eigenvalue weighted by Crippen LogP contribution is -2.24. The Kier molecular flexibility index (Phi) is 6.00. The van der Waals surface area contributed by atoms with Crippen LogP contribution in [-0.2, 0) is 6.42 Å². The number of thiophene rings is 1. The molecule has 0 unspecified atom stereocenters. The number of hydrogen-bond acceptors (Lipinski definition) is 4. The highest BCUT2D eigenvalue weighted by atomic mass is 32.1. The Morgan fingerprint density at radius 1 is 1.52 bits per heavy atom. The number of nitrogens with zero attached hydrogens (tertiary/aromatic N) is 1. The van der Waals surface area contributed by atoms with Crippen LogP contribution >= 0.6 is 11.3 Å².